The number of pyridine rings is 1. The summed E-state index contributed by atoms with van der Waals surface area (Å²) in [5.74, 6) is -1.83. The van der Waals surface area contributed by atoms with Crippen molar-refractivity contribution in [3.8, 4) is 0 Å². The number of methoxy groups -OCH3 is 1. The lowest BCUT2D eigenvalue weighted by Crippen LogP contribution is -2.46. The Labute approximate surface area is 204 Å². The Kier molecular flexibility index (Phi) is 10.7. The van der Waals surface area contributed by atoms with Crippen LogP contribution in [0.1, 0.15) is 54.4 Å². The molecule has 1 aromatic heterocycles. The van der Waals surface area contributed by atoms with E-state index in [1.807, 2.05) is 0 Å². The second-order valence-corrected chi connectivity index (χ2v) is 9.63. The van der Waals surface area contributed by atoms with Gasteiger partial charge in [-0.2, -0.15) is 0 Å². The zero-order valence-corrected chi connectivity index (χ0v) is 21.3. The molecule has 1 atom stereocenters. The number of alkyl carbamates (subject to hydrolysis) is 1. The topological polar surface area (TPSA) is 142 Å². The first-order valence-corrected chi connectivity index (χ1v) is 11.1. The van der Waals surface area contributed by atoms with Crippen LogP contribution in [0.5, 0.6) is 0 Å². The summed E-state index contributed by atoms with van der Waals surface area (Å²) in [6, 6.07) is 1.80. The second-order valence-electron chi connectivity index (χ2n) is 9.63. The third-order valence-corrected chi connectivity index (χ3v) is 4.08. The summed E-state index contributed by atoms with van der Waals surface area (Å²) >= 11 is 0. The van der Waals surface area contributed by atoms with Crippen LogP contribution in [0.3, 0.4) is 0 Å². The Bertz CT molecular complexity index is 999. The second kappa shape index (κ2) is 12.7. The van der Waals surface area contributed by atoms with Crippen LogP contribution in [0.15, 0.2) is 35.3 Å². The van der Waals surface area contributed by atoms with Crippen molar-refractivity contribution < 1.29 is 33.4 Å². The maximum Gasteiger partial charge on any atom is 0.408 e. The molecule has 2 N–H and O–H groups in total. The maximum absolute atomic E-state index is 12.9. The number of carbonyl (C=O) groups excluding carboxylic acids is 4. The standard InChI is InChI=1S/C24H35N3O8/c1-23(2,3)34-19(29)15-27-14-10-12-17(21(27)31)25-20(30)16(11-8-9-13-18(28)33-7)26-22(32)35-24(4,5)6/h9-10,12-14,16H,8,11,15H2,1-7H3,(H,25,30)(H,26,32)/t16-/m0/s1. The quantitative estimate of drug-likeness (QED) is 0.304. The van der Waals surface area contributed by atoms with E-state index < -0.39 is 46.7 Å². The number of nitrogens with zero attached hydrogens (tertiary/aromatic N) is 1. The van der Waals surface area contributed by atoms with Gasteiger partial charge in [-0.05, 0) is 66.5 Å². The number of aromatic nitrogens is 1. The fraction of sp³-hybridized carbons (Fsp3) is 0.542. The van der Waals surface area contributed by atoms with Gasteiger partial charge < -0.3 is 29.4 Å². The minimum Gasteiger partial charge on any atom is -0.466 e. The highest BCUT2D eigenvalue weighted by Gasteiger charge is 2.25. The average Bonchev–Trinajstić information content (AvgIpc) is 2.70. The molecule has 0 saturated carbocycles. The van der Waals surface area contributed by atoms with Gasteiger partial charge in [0.2, 0.25) is 5.91 Å². The zero-order chi connectivity index (χ0) is 26.8. The van der Waals surface area contributed by atoms with Gasteiger partial charge in [-0.3, -0.25) is 14.4 Å². The van der Waals surface area contributed by atoms with E-state index in [1.165, 1.54) is 37.6 Å². The molecule has 35 heavy (non-hydrogen) atoms. The van der Waals surface area contributed by atoms with Crippen molar-refractivity contribution in [2.45, 2.75) is 78.2 Å². The molecule has 1 rings (SSSR count). The summed E-state index contributed by atoms with van der Waals surface area (Å²) in [7, 11) is 1.24. The molecular formula is C24H35N3O8. The Balaban J connectivity index is 3.01. The van der Waals surface area contributed by atoms with Crippen molar-refractivity contribution in [2.75, 3.05) is 12.4 Å². The van der Waals surface area contributed by atoms with E-state index in [0.29, 0.717) is 0 Å². The van der Waals surface area contributed by atoms with Crippen LogP contribution >= 0.6 is 0 Å². The van der Waals surface area contributed by atoms with Gasteiger partial charge in [-0.15, -0.1) is 0 Å². The molecule has 0 unspecified atom stereocenters. The van der Waals surface area contributed by atoms with Crippen LogP contribution in [0.4, 0.5) is 10.5 Å². The fourth-order valence-corrected chi connectivity index (χ4v) is 2.72. The normalized spacial score (nSPS) is 12.5. The van der Waals surface area contributed by atoms with Gasteiger partial charge in [-0.1, -0.05) is 6.08 Å². The number of amides is 2. The molecule has 0 saturated heterocycles. The highest BCUT2D eigenvalue weighted by atomic mass is 16.6. The van der Waals surface area contributed by atoms with Crippen LogP contribution in [0, 0.1) is 0 Å². The molecule has 0 aliphatic heterocycles. The Hall–Kier alpha value is -3.63. The number of ether oxygens (including phenoxy) is 3. The molecular weight excluding hydrogens is 458 g/mol. The summed E-state index contributed by atoms with van der Waals surface area (Å²) < 4.78 is 16.1. The van der Waals surface area contributed by atoms with Crippen molar-refractivity contribution in [3.63, 3.8) is 0 Å². The van der Waals surface area contributed by atoms with E-state index in [0.717, 1.165) is 4.57 Å². The van der Waals surface area contributed by atoms with Gasteiger partial charge in [0, 0.05) is 12.3 Å². The Morgan fingerprint density at radius 2 is 1.69 bits per heavy atom. The number of esters is 2. The lowest BCUT2D eigenvalue weighted by Gasteiger charge is -2.23. The van der Waals surface area contributed by atoms with Crippen LogP contribution in [0.2, 0.25) is 0 Å². The van der Waals surface area contributed by atoms with Crippen molar-refractivity contribution in [2.24, 2.45) is 0 Å². The molecule has 0 aliphatic carbocycles. The van der Waals surface area contributed by atoms with Gasteiger partial charge >= 0.3 is 18.0 Å². The molecule has 2 amide bonds. The summed E-state index contributed by atoms with van der Waals surface area (Å²) in [4.78, 5) is 61.3. The smallest absolute Gasteiger partial charge is 0.408 e. The predicted octanol–water partition coefficient (Wildman–Crippen LogP) is 2.53. The summed E-state index contributed by atoms with van der Waals surface area (Å²) in [6.45, 7) is 9.83. The Morgan fingerprint density at radius 3 is 2.26 bits per heavy atom. The van der Waals surface area contributed by atoms with Gasteiger partial charge in [0.25, 0.3) is 5.56 Å². The summed E-state index contributed by atoms with van der Waals surface area (Å²) in [6.07, 6.45) is 3.65. The van der Waals surface area contributed by atoms with E-state index in [1.54, 1.807) is 41.5 Å². The fourth-order valence-electron chi connectivity index (χ4n) is 2.72. The number of hydrogen-bond donors (Lipinski definition) is 2. The van der Waals surface area contributed by atoms with Crippen LogP contribution in [0.25, 0.3) is 0 Å². The highest BCUT2D eigenvalue weighted by Crippen LogP contribution is 2.10. The monoisotopic (exact) mass is 493 g/mol. The van der Waals surface area contributed by atoms with Gasteiger partial charge in [0.05, 0.1) is 7.11 Å². The third kappa shape index (κ3) is 11.9. The Morgan fingerprint density at radius 1 is 1.06 bits per heavy atom. The molecule has 0 bridgehead atoms. The van der Waals surface area contributed by atoms with Crippen molar-refractivity contribution in [1.29, 1.82) is 0 Å². The van der Waals surface area contributed by atoms with Crippen molar-refractivity contribution in [1.82, 2.24) is 9.88 Å². The largest absolute Gasteiger partial charge is 0.466 e. The van der Waals surface area contributed by atoms with Gasteiger partial charge in [0.1, 0.15) is 29.5 Å². The molecule has 1 heterocycles. The van der Waals surface area contributed by atoms with Crippen LogP contribution in [-0.2, 0) is 35.1 Å². The minimum absolute atomic E-state index is 0.0813. The van der Waals surface area contributed by atoms with E-state index in [-0.39, 0.29) is 25.1 Å². The molecule has 1 aromatic rings. The number of hydrogen-bond acceptors (Lipinski definition) is 8. The average molecular weight is 494 g/mol. The first-order chi connectivity index (χ1) is 16.1. The molecule has 194 valence electrons. The first-order valence-electron chi connectivity index (χ1n) is 11.1. The molecule has 11 heteroatoms. The van der Waals surface area contributed by atoms with Gasteiger partial charge in [0.15, 0.2) is 0 Å². The zero-order valence-electron chi connectivity index (χ0n) is 21.3. The number of carbonyl (C=O) groups is 4. The van der Waals surface area contributed by atoms with E-state index in [2.05, 4.69) is 15.4 Å². The van der Waals surface area contributed by atoms with Crippen molar-refractivity contribution >= 4 is 29.6 Å². The number of rotatable bonds is 9. The summed E-state index contributed by atoms with van der Waals surface area (Å²) in [5, 5.41) is 4.97. The summed E-state index contributed by atoms with van der Waals surface area (Å²) in [5.41, 5.74) is -2.20. The molecule has 0 spiro atoms. The number of allylic oxidation sites excluding steroid dienone is 1. The number of anilines is 1. The molecule has 0 fully saturated rings. The molecule has 0 aromatic carbocycles. The first kappa shape index (κ1) is 29.4. The van der Waals surface area contributed by atoms with Crippen LogP contribution < -0.4 is 16.2 Å². The van der Waals surface area contributed by atoms with E-state index in [4.69, 9.17) is 9.47 Å². The lowest BCUT2D eigenvalue weighted by molar-refractivity contribution is -0.155. The molecule has 0 aliphatic rings. The lowest BCUT2D eigenvalue weighted by atomic mass is 10.1. The minimum atomic E-state index is -1.08. The van der Waals surface area contributed by atoms with E-state index in [9.17, 15) is 24.0 Å². The molecule has 0 radical (unpaired) electrons. The number of nitrogens with one attached hydrogen (secondary N) is 2. The molecule has 11 nitrogen and oxygen atoms in total. The van der Waals surface area contributed by atoms with Crippen LogP contribution in [-0.4, -0.2) is 52.9 Å². The maximum atomic E-state index is 12.9. The highest BCUT2D eigenvalue weighted by molar-refractivity contribution is 5.96. The van der Waals surface area contributed by atoms with E-state index >= 15 is 0 Å². The SMILES string of the molecule is COC(=O)C=CCC[C@H](NC(=O)OC(C)(C)C)C(=O)Nc1cccn(CC(=O)OC(C)(C)C)c1=O. The van der Waals surface area contributed by atoms with Gasteiger partial charge in [-0.25, -0.2) is 9.59 Å². The third-order valence-electron chi connectivity index (χ3n) is 4.08. The predicted molar refractivity (Wildman–Crippen MR) is 129 cm³/mol. The van der Waals surface area contributed by atoms with Crippen molar-refractivity contribution in [3.05, 3.63) is 40.8 Å².